The molecule has 2 N–H and O–H groups in total. The lowest BCUT2D eigenvalue weighted by molar-refractivity contribution is -0.143. The van der Waals surface area contributed by atoms with Gasteiger partial charge in [-0.25, -0.2) is 15.1 Å². The lowest BCUT2D eigenvalue weighted by Gasteiger charge is -2.17. The van der Waals surface area contributed by atoms with E-state index in [-0.39, 0.29) is 0 Å². The van der Waals surface area contributed by atoms with Crippen LogP contribution in [0.15, 0.2) is 24.3 Å². The van der Waals surface area contributed by atoms with Gasteiger partial charge < -0.3 is 5.11 Å². The Kier molecular flexibility index (Phi) is 5.13. The number of hydroxylamine groups is 1. The third kappa shape index (κ3) is 4.06. The zero-order valence-corrected chi connectivity index (χ0v) is 10.3. The standard InChI is InChI=1S/C12H16N2O4/c1-3-9-4-6-10(7-5-9)14(2)12(17)13-18-8-11(15)16/h4-7H,3,8H2,1-2H3,(H,13,17)(H,15,16). The maximum atomic E-state index is 11.6. The molecule has 0 atom stereocenters. The van der Waals surface area contributed by atoms with E-state index in [1.165, 1.54) is 10.5 Å². The lowest BCUT2D eigenvalue weighted by Crippen LogP contribution is -2.38. The molecule has 0 bridgehead atoms. The van der Waals surface area contributed by atoms with E-state index in [4.69, 9.17) is 5.11 Å². The summed E-state index contributed by atoms with van der Waals surface area (Å²) < 4.78 is 0. The summed E-state index contributed by atoms with van der Waals surface area (Å²) in [4.78, 5) is 27.6. The number of carboxylic acid groups (broad SMARTS) is 1. The molecule has 2 amide bonds. The van der Waals surface area contributed by atoms with Gasteiger partial charge in [-0.3, -0.25) is 9.74 Å². The minimum Gasteiger partial charge on any atom is -0.479 e. The summed E-state index contributed by atoms with van der Waals surface area (Å²) in [6.07, 6.45) is 0.928. The van der Waals surface area contributed by atoms with Crippen LogP contribution in [-0.4, -0.2) is 30.8 Å². The molecule has 0 fully saturated rings. The number of carbonyl (C=O) groups excluding carboxylic acids is 1. The monoisotopic (exact) mass is 252 g/mol. The fourth-order valence-electron chi connectivity index (χ4n) is 1.30. The van der Waals surface area contributed by atoms with E-state index in [1.807, 2.05) is 36.7 Å². The fourth-order valence-corrected chi connectivity index (χ4v) is 1.30. The summed E-state index contributed by atoms with van der Waals surface area (Å²) in [5, 5.41) is 8.35. The van der Waals surface area contributed by atoms with Crippen LogP contribution in [0, 0.1) is 0 Å². The summed E-state index contributed by atoms with van der Waals surface area (Å²) in [6.45, 7) is 1.47. The summed E-state index contributed by atoms with van der Waals surface area (Å²) in [7, 11) is 1.57. The van der Waals surface area contributed by atoms with Crippen LogP contribution in [0.4, 0.5) is 10.5 Å². The summed E-state index contributed by atoms with van der Waals surface area (Å²) >= 11 is 0. The number of nitrogens with one attached hydrogen (secondary N) is 1. The first kappa shape index (κ1) is 14.0. The maximum absolute atomic E-state index is 11.6. The summed E-state index contributed by atoms with van der Waals surface area (Å²) in [5.41, 5.74) is 3.92. The van der Waals surface area contributed by atoms with Gasteiger partial charge in [-0.1, -0.05) is 19.1 Å². The number of carbonyl (C=O) groups is 2. The SMILES string of the molecule is CCc1ccc(N(C)C(=O)NOCC(=O)O)cc1. The third-order valence-corrected chi connectivity index (χ3v) is 2.39. The van der Waals surface area contributed by atoms with Crippen molar-refractivity contribution >= 4 is 17.7 Å². The topological polar surface area (TPSA) is 78.9 Å². The van der Waals surface area contributed by atoms with Gasteiger partial charge in [0.05, 0.1) is 0 Å². The third-order valence-electron chi connectivity index (χ3n) is 2.39. The number of urea groups is 1. The minimum absolute atomic E-state index is 0.527. The van der Waals surface area contributed by atoms with Crippen molar-refractivity contribution in [3.8, 4) is 0 Å². The van der Waals surface area contributed by atoms with E-state index < -0.39 is 18.6 Å². The Balaban J connectivity index is 2.54. The highest BCUT2D eigenvalue weighted by Gasteiger charge is 2.11. The lowest BCUT2D eigenvalue weighted by atomic mass is 10.1. The molecule has 1 rings (SSSR count). The molecule has 1 aromatic carbocycles. The fraction of sp³-hybridized carbons (Fsp3) is 0.333. The smallest absolute Gasteiger partial charge is 0.345 e. The average molecular weight is 252 g/mol. The number of amides is 2. The van der Waals surface area contributed by atoms with Gasteiger partial charge in [-0.05, 0) is 24.1 Å². The van der Waals surface area contributed by atoms with Crippen molar-refractivity contribution in [2.75, 3.05) is 18.6 Å². The quantitative estimate of drug-likeness (QED) is 0.776. The molecule has 0 radical (unpaired) electrons. The Hall–Kier alpha value is -2.08. The Morgan fingerprint density at radius 1 is 1.33 bits per heavy atom. The predicted octanol–water partition coefficient (Wildman–Crippen LogP) is 1.41. The van der Waals surface area contributed by atoms with Crippen molar-refractivity contribution in [1.29, 1.82) is 0 Å². The van der Waals surface area contributed by atoms with Crippen molar-refractivity contribution in [3.05, 3.63) is 29.8 Å². The first-order valence-corrected chi connectivity index (χ1v) is 5.50. The zero-order valence-electron chi connectivity index (χ0n) is 10.3. The van der Waals surface area contributed by atoms with Gasteiger partial charge in [0.2, 0.25) is 0 Å². The highest BCUT2D eigenvalue weighted by molar-refractivity contribution is 5.90. The van der Waals surface area contributed by atoms with Crippen LogP contribution in [0.3, 0.4) is 0 Å². The van der Waals surface area contributed by atoms with E-state index in [9.17, 15) is 9.59 Å². The van der Waals surface area contributed by atoms with Gasteiger partial charge in [0, 0.05) is 12.7 Å². The molecule has 1 aromatic rings. The zero-order chi connectivity index (χ0) is 13.5. The molecular formula is C12H16N2O4. The summed E-state index contributed by atoms with van der Waals surface area (Å²) in [5.74, 6) is -1.15. The molecule has 0 saturated heterocycles. The summed E-state index contributed by atoms with van der Waals surface area (Å²) in [6, 6.07) is 6.96. The van der Waals surface area contributed by atoms with Crippen LogP contribution in [0.2, 0.25) is 0 Å². The van der Waals surface area contributed by atoms with Gasteiger partial charge in [-0.15, -0.1) is 0 Å². The number of hydrogen-bond acceptors (Lipinski definition) is 3. The number of aliphatic carboxylic acids is 1. The van der Waals surface area contributed by atoms with E-state index in [0.29, 0.717) is 5.69 Å². The van der Waals surface area contributed by atoms with Gasteiger partial charge in [0.1, 0.15) is 0 Å². The molecule has 0 spiro atoms. The van der Waals surface area contributed by atoms with E-state index in [2.05, 4.69) is 4.84 Å². The molecule has 6 nitrogen and oxygen atoms in total. The largest absolute Gasteiger partial charge is 0.479 e. The second-order valence-corrected chi connectivity index (χ2v) is 3.67. The van der Waals surface area contributed by atoms with Gasteiger partial charge >= 0.3 is 12.0 Å². The van der Waals surface area contributed by atoms with Crippen LogP contribution in [0.25, 0.3) is 0 Å². The van der Waals surface area contributed by atoms with Crippen LogP contribution in [-0.2, 0) is 16.1 Å². The van der Waals surface area contributed by atoms with Gasteiger partial charge in [0.15, 0.2) is 6.61 Å². The number of nitrogens with zero attached hydrogens (tertiary/aromatic N) is 1. The van der Waals surface area contributed by atoms with Crippen LogP contribution in [0.5, 0.6) is 0 Å². The van der Waals surface area contributed by atoms with Crippen LogP contribution in [0.1, 0.15) is 12.5 Å². The van der Waals surface area contributed by atoms with Crippen molar-refractivity contribution in [2.45, 2.75) is 13.3 Å². The number of benzene rings is 1. The Bertz CT molecular complexity index is 417. The van der Waals surface area contributed by atoms with Crippen molar-refractivity contribution in [1.82, 2.24) is 5.48 Å². The number of aryl methyl sites for hydroxylation is 1. The number of hydrogen-bond donors (Lipinski definition) is 2. The molecule has 98 valence electrons. The van der Waals surface area contributed by atoms with Gasteiger partial charge in [0.25, 0.3) is 0 Å². The van der Waals surface area contributed by atoms with Crippen LogP contribution >= 0.6 is 0 Å². The molecule has 0 aromatic heterocycles. The van der Waals surface area contributed by atoms with Crippen molar-refractivity contribution in [3.63, 3.8) is 0 Å². The number of rotatable bonds is 5. The molecule has 0 aliphatic carbocycles. The Morgan fingerprint density at radius 2 is 1.94 bits per heavy atom. The Labute approximate surface area is 105 Å². The normalized spacial score (nSPS) is 9.89. The van der Waals surface area contributed by atoms with Crippen molar-refractivity contribution < 1.29 is 19.5 Å². The molecule has 18 heavy (non-hydrogen) atoms. The average Bonchev–Trinajstić information content (AvgIpc) is 2.37. The van der Waals surface area contributed by atoms with Gasteiger partial charge in [-0.2, -0.15) is 0 Å². The van der Waals surface area contributed by atoms with E-state index in [0.717, 1.165) is 6.42 Å². The van der Waals surface area contributed by atoms with E-state index >= 15 is 0 Å². The molecule has 0 saturated carbocycles. The van der Waals surface area contributed by atoms with Crippen molar-refractivity contribution in [2.24, 2.45) is 0 Å². The highest BCUT2D eigenvalue weighted by atomic mass is 16.7. The Morgan fingerprint density at radius 3 is 2.44 bits per heavy atom. The molecule has 0 unspecified atom stereocenters. The molecule has 0 aliphatic rings. The first-order chi connectivity index (χ1) is 8.54. The first-order valence-electron chi connectivity index (χ1n) is 5.50. The molecular weight excluding hydrogens is 236 g/mol. The number of carboxylic acids is 1. The van der Waals surface area contributed by atoms with E-state index in [1.54, 1.807) is 7.05 Å². The predicted molar refractivity (Wildman–Crippen MR) is 66.3 cm³/mol. The number of anilines is 1. The second-order valence-electron chi connectivity index (χ2n) is 3.67. The second kappa shape index (κ2) is 6.61. The molecule has 0 aliphatic heterocycles. The maximum Gasteiger partial charge on any atom is 0.345 e. The minimum atomic E-state index is -1.15. The molecule has 0 heterocycles. The van der Waals surface area contributed by atoms with Crippen LogP contribution < -0.4 is 10.4 Å². The molecule has 6 heteroatoms. The highest BCUT2D eigenvalue weighted by Crippen LogP contribution is 2.14.